The lowest BCUT2D eigenvalue weighted by Gasteiger charge is -2.43. The van der Waals surface area contributed by atoms with Gasteiger partial charge in [-0.1, -0.05) is 88.4 Å². The first-order chi connectivity index (χ1) is 11.9. The second kappa shape index (κ2) is 8.79. The van der Waals surface area contributed by atoms with Crippen LogP contribution in [0.1, 0.15) is 40.5 Å². The molecule has 0 fully saturated rings. The summed E-state index contributed by atoms with van der Waals surface area (Å²) in [5.74, 6) is 0.439. The molecular weight excluding hydrogens is 324 g/mol. The van der Waals surface area contributed by atoms with E-state index in [2.05, 4.69) is 88.4 Å². The second-order valence-corrected chi connectivity index (χ2v) is 12.3. The van der Waals surface area contributed by atoms with Crippen LogP contribution in [0.5, 0.6) is 0 Å². The maximum absolute atomic E-state index is 9.10. The van der Waals surface area contributed by atoms with Crippen molar-refractivity contribution in [1.82, 2.24) is 0 Å². The van der Waals surface area contributed by atoms with Gasteiger partial charge >= 0.3 is 0 Å². The molecule has 0 aliphatic heterocycles. The van der Waals surface area contributed by atoms with Gasteiger partial charge < -0.3 is 9.53 Å². The monoisotopic (exact) mass is 356 g/mol. The maximum Gasteiger partial charge on any atom is 0.261 e. The molecule has 0 saturated carbocycles. The zero-order chi connectivity index (χ0) is 18.3. The minimum Gasteiger partial charge on any atom is -0.407 e. The molecule has 0 aromatic heterocycles. The number of benzene rings is 2. The zero-order valence-electron chi connectivity index (χ0n) is 16.0. The lowest BCUT2D eigenvalue weighted by Crippen LogP contribution is -2.66. The summed E-state index contributed by atoms with van der Waals surface area (Å²) >= 11 is 0. The van der Waals surface area contributed by atoms with Crippen molar-refractivity contribution in [3.05, 3.63) is 60.7 Å². The molecule has 0 spiro atoms. The molecule has 2 rings (SSSR count). The third-order valence-corrected chi connectivity index (χ3v) is 9.86. The van der Waals surface area contributed by atoms with Gasteiger partial charge in [0.2, 0.25) is 0 Å². The van der Waals surface area contributed by atoms with E-state index >= 15 is 0 Å². The largest absolute Gasteiger partial charge is 0.407 e. The molecular formula is C22H32O2Si. The van der Waals surface area contributed by atoms with Gasteiger partial charge in [-0.05, 0) is 34.2 Å². The lowest BCUT2D eigenvalue weighted by molar-refractivity contribution is 0.218. The van der Waals surface area contributed by atoms with Gasteiger partial charge in [-0.15, -0.1) is 0 Å². The van der Waals surface area contributed by atoms with Crippen LogP contribution >= 0.6 is 0 Å². The van der Waals surface area contributed by atoms with Gasteiger partial charge in [-0.25, -0.2) is 0 Å². The highest BCUT2D eigenvalue weighted by Crippen LogP contribution is 2.37. The van der Waals surface area contributed by atoms with Crippen LogP contribution in [0.2, 0.25) is 5.04 Å². The molecule has 1 N–H and O–H groups in total. The predicted molar refractivity (Wildman–Crippen MR) is 109 cm³/mol. The SMILES string of the molecule is C[C@@H](CCCO)CO[Si](c1ccccc1)(c1ccccc1)C(C)(C)C. The Kier molecular flexibility index (Phi) is 7.00. The summed E-state index contributed by atoms with van der Waals surface area (Å²) in [6.07, 6.45) is 1.83. The normalized spacial score (nSPS) is 13.6. The molecule has 2 aromatic carbocycles. The molecule has 0 saturated heterocycles. The van der Waals surface area contributed by atoms with Crippen LogP contribution in [0.4, 0.5) is 0 Å². The van der Waals surface area contributed by atoms with Crippen molar-refractivity contribution in [1.29, 1.82) is 0 Å². The van der Waals surface area contributed by atoms with Crippen LogP contribution in [0.3, 0.4) is 0 Å². The van der Waals surface area contributed by atoms with Gasteiger partial charge in [-0.2, -0.15) is 0 Å². The Labute approximate surface area is 154 Å². The smallest absolute Gasteiger partial charge is 0.261 e. The summed E-state index contributed by atoms with van der Waals surface area (Å²) in [6.45, 7) is 10.1. The summed E-state index contributed by atoms with van der Waals surface area (Å²) in [7, 11) is -2.41. The Hall–Kier alpha value is -1.42. The molecule has 0 bridgehead atoms. The molecule has 2 nitrogen and oxygen atoms in total. The molecule has 25 heavy (non-hydrogen) atoms. The first-order valence-corrected chi connectivity index (χ1v) is 11.2. The van der Waals surface area contributed by atoms with E-state index in [9.17, 15) is 0 Å². The third kappa shape index (κ3) is 4.60. The van der Waals surface area contributed by atoms with E-state index in [1.807, 2.05) is 0 Å². The predicted octanol–water partition coefficient (Wildman–Crippen LogP) is 3.97. The summed E-state index contributed by atoms with van der Waals surface area (Å²) in [4.78, 5) is 0. The minimum absolute atomic E-state index is 0.0202. The molecule has 0 amide bonds. The summed E-state index contributed by atoms with van der Waals surface area (Å²) in [5, 5.41) is 11.8. The number of aliphatic hydroxyl groups is 1. The molecule has 1 atom stereocenters. The Morgan fingerprint density at radius 3 is 1.80 bits per heavy atom. The fraction of sp³-hybridized carbons (Fsp3) is 0.455. The van der Waals surface area contributed by atoms with E-state index in [0.29, 0.717) is 5.92 Å². The molecule has 0 aliphatic carbocycles. The molecule has 0 heterocycles. The van der Waals surface area contributed by atoms with E-state index in [1.54, 1.807) is 0 Å². The molecule has 2 aromatic rings. The summed E-state index contributed by atoms with van der Waals surface area (Å²) in [6, 6.07) is 21.5. The fourth-order valence-electron chi connectivity index (χ4n) is 3.55. The maximum atomic E-state index is 9.10. The Balaban J connectivity index is 2.46. The van der Waals surface area contributed by atoms with E-state index < -0.39 is 8.32 Å². The van der Waals surface area contributed by atoms with Crippen molar-refractivity contribution in [2.24, 2.45) is 5.92 Å². The molecule has 0 unspecified atom stereocenters. The van der Waals surface area contributed by atoms with Gasteiger partial charge in [-0.3, -0.25) is 0 Å². The average molecular weight is 357 g/mol. The Morgan fingerprint density at radius 2 is 1.40 bits per heavy atom. The number of aliphatic hydroxyl groups excluding tert-OH is 1. The Bertz CT molecular complexity index is 580. The highest BCUT2D eigenvalue weighted by atomic mass is 28.4. The van der Waals surface area contributed by atoms with Crippen molar-refractivity contribution < 1.29 is 9.53 Å². The quantitative estimate of drug-likeness (QED) is 0.725. The minimum atomic E-state index is -2.41. The van der Waals surface area contributed by atoms with Gasteiger partial charge in [0.15, 0.2) is 0 Å². The standard InChI is InChI=1S/C22H32O2Si/c1-19(12-11-17-23)18-24-25(22(2,3)4,20-13-7-5-8-14-20)21-15-9-6-10-16-21/h5-10,13-16,19,23H,11-12,17-18H2,1-4H3/t19-/m0/s1. The van der Waals surface area contributed by atoms with Crippen molar-refractivity contribution in [2.45, 2.75) is 45.6 Å². The number of rotatable bonds is 8. The topological polar surface area (TPSA) is 29.5 Å². The van der Waals surface area contributed by atoms with Crippen LogP contribution in [0.25, 0.3) is 0 Å². The molecule has 0 radical (unpaired) electrons. The third-order valence-electron chi connectivity index (χ3n) is 4.86. The Morgan fingerprint density at radius 1 is 0.920 bits per heavy atom. The summed E-state index contributed by atoms with van der Waals surface area (Å²) in [5.41, 5.74) is 0. The molecule has 3 heteroatoms. The van der Waals surface area contributed by atoms with Crippen LogP contribution in [-0.2, 0) is 4.43 Å². The van der Waals surface area contributed by atoms with Crippen molar-refractivity contribution in [2.75, 3.05) is 13.2 Å². The van der Waals surface area contributed by atoms with Gasteiger partial charge in [0.05, 0.1) is 0 Å². The summed E-state index contributed by atoms with van der Waals surface area (Å²) < 4.78 is 6.88. The zero-order valence-corrected chi connectivity index (χ0v) is 17.0. The number of hydrogen-bond donors (Lipinski definition) is 1. The first kappa shape index (κ1) is 19.9. The van der Waals surface area contributed by atoms with E-state index in [4.69, 9.17) is 9.53 Å². The molecule has 0 aliphatic rings. The van der Waals surface area contributed by atoms with Crippen LogP contribution in [0.15, 0.2) is 60.7 Å². The molecule has 136 valence electrons. The van der Waals surface area contributed by atoms with Gasteiger partial charge in [0.25, 0.3) is 8.32 Å². The van der Waals surface area contributed by atoms with E-state index in [1.165, 1.54) is 10.4 Å². The van der Waals surface area contributed by atoms with E-state index in [-0.39, 0.29) is 11.6 Å². The highest BCUT2D eigenvalue weighted by molar-refractivity contribution is 6.99. The van der Waals surface area contributed by atoms with Crippen molar-refractivity contribution in [3.63, 3.8) is 0 Å². The van der Waals surface area contributed by atoms with Crippen LogP contribution < -0.4 is 10.4 Å². The van der Waals surface area contributed by atoms with Crippen LogP contribution in [-0.4, -0.2) is 26.6 Å². The second-order valence-electron chi connectivity index (χ2n) is 7.95. The van der Waals surface area contributed by atoms with Gasteiger partial charge in [0, 0.05) is 13.2 Å². The van der Waals surface area contributed by atoms with Crippen molar-refractivity contribution in [3.8, 4) is 0 Å². The van der Waals surface area contributed by atoms with Crippen molar-refractivity contribution >= 4 is 18.7 Å². The fourth-order valence-corrected chi connectivity index (χ4v) is 8.24. The van der Waals surface area contributed by atoms with Crippen LogP contribution in [0, 0.1) is 5.92 Å². The average Bonchev–Trinajstić information content (AvgIpc) is 2.61. The van der Waals surface area contributed by atoms with Gasteiger partial charge in [0.1, 0.15) is 0 Å². The number of hydrogen-bond acceptors (Lipinski definition) is 2. The lowest BCUT2D eigenvalue weighted by atomic mass is 10.1. The first-order valence-electron chi connectivity index (χ1n) is 9.27. The van der Waals surface area contributed by atoms with E-state index in [0.717, 1.165) is 19.4 Å². The highest BCUT2D eigenvalue weighted by Gasteiger charge is 2.50.